The van der Waals surface area contributed by atoms with Crippen molar-refractivity contribution in [2.45, 2.75) is 157 Å². The van der Waals surface area contributed by atoms with Gasteiger partial charge in [0.15, 0.2) is 49.9 Å². The summed E-state index contributed by atoms with van der Waals surface area (Å²) in [5.74, 6) is 0. The van der Waals surface area contributed by atoms with Gasteiger partial charge in [0.05, 0.1) is 0 Å². The second kappa shape index (κ2) is 14.7. The highest BCUT2D eigenvalue weighted by Gasteiger charge is 2.64. The molecule has 0 aromatic heterocycles. The summed E-state index contributed by atoms with van der Waals surface area (Å²) in [6.07, 6.45) is 0. The summed E-state index contributed by atoms with van der Waals surface area (Å²) in [6, 6.07) is 0. The van der Waals surface area contributed by atoms with Crippen molar-refractivity contribution in [1.29, 1.82) is 0 Å². The summed E-state index contributed by atoms with van der Waals surface area (Å²) in [5.41, 5.74) is -0.181. The van der Waals surface area contributed by atoms with E-state index in [1.165, 1.54) is 0 Å². The molecule has 0 fully saturated rings. The number of rotatable bonds is 19. The lowest BCUT2D eigenvalue weighted by molar-refractivity contribution is 0.114. The van der Waals surface area contributed by atoms with Crippen LogP contribution in [0.25, 0.3) is 0 Å². The van der Waals surface area contributed by atoms with Gasteiger partial charge in [-0.15, -0.1) is 0 Å². The maximum atomic E-state index is 7.36. The van der Waals surface area contributed by atoms with Crippen molar-refractivity contribution in [3.63, 3.8) is 0 Å². The van der Waals surface area contributed by atoms with Gasteiger partial charge in [-0.3, -0.25) is 0 Å². The molecular formula is C24H70O9Si10. The topological polar surface area (TPSA) is 83.1 Å². The van der Waals surface area contributed by atoms with Gasteiger partial charge in [0.1, 0.15) is 0 Å². The molecule has 0 amide bonds. The monoisotopic (exact) mass is 782 g/mol. The van der Waals surface area contributed by atoms with E-state index >= 15 is 0 Å². The summed E-state index contributed by atoms with van der Waals surface area (Å²) in [7, 11) is -26.6. The molecule has 0 saturated heterocycles. The molecule has 0 rings (SSSR count). The summed E-state index contributed by atoms with van der Waals surface area (Å²) in [5, 5.41) is 0. The smallest absolute Gasteiger partial charge is 0.417 e. The predicted octanol–water partition coefficient (Wildman–Crippen LogP) is 9.20. The minimum absolute atomic E-state index is 0.181. The standard InChI is InChI=1S/C24H70O9Si10/c1-24(2)43(31-40(21,25-34(3,4)5)26-35(6,7)8,32-41(22,27-36(9,10)11)28-37(12,13)14)33-42(23,29-38(15,16)17)30-39(18,19)20/h24H,1-23H3. The highest BCUT2D eigenvalue weighted by atomic mass is 28.6. The molecule has 19 heteroatoms. The lowest BCUT2D eigenvalue weighted by Crippen LogP contribution is -2.72. The predicted molar refractivity (Wildman–Crippen MR) is 206 cm³/mol. The molecule has 260 valence electrons. The van der Waals surface area contributed by atoms with E-state index in [2.05, 4.69) is 132 Å². The summed E-state index contributed by atoms with van der Waals surface area (Å²) in [4.78, 5) is 0. The van der Waals surface area contributed by atoms with Crippen LogP contribution in [0.15, 0.2) is 0 Å². The van der Waals surface area contributed by atoms with Crippen molar-refractivity contribution in [2.75, 3.05) is 0 Å². The van der Waals surface area contributed by atoms with Crippen LogP contribution in [0.3, 0.4) is 0 Å². The maximum Gasteiger partial charge on any atom is 0.481 e. The average Bonchev–Trinajstić information content (AvgIpc) is 2.48. The van der Waals surface area contributed by atoms with E-state index in [-0.39, 0.29) is 5.54 Å². The fourth-order valence-electron chi connectivity index (χ4n) is 4.72. The van der Waals surface area contributed by atoms with Crippen molar-refractivity contribution in [3.05, 3.63) is 0 Å². The van der Waals surface area contributed by atoms with Gasteiger partial charge in [0, 0.05) is 25.2 Å². The zero-order valence-electron chi connectivity index (χ0n) is 32.3. The largest absolute Gasteiger partial charge is 0.481 e. The van der Waals surface area contributed by atoms with Crippen molar-refractivity contribution in [2.24, 2.45) is 0 Å². The first-order chi connectivity index (χ1) is 18.3. The Morgan fingerprint density at radius 3 is 0.488 bits per heavy atom. The van der Waals surface area contributed by atoms with Crippen LogP contribution in [-0.4, -0.2) is 85.1 Å². The van der Waals surface area contributed by atoms with E-state index in [1.54, 1.807) is 0 Å². The molecule has 0 atom stereocenters. The molecule has 0 aliphatic heterocycles. The molecule has 0 aromatic carbocycles. The highest BCUT2D eigenvalue weighted by Crippen LogP contribution is 2.39. The third-order valence-corrected chi connectivity index (χ3v) is 37.5. The Morgan fingerprint density at radius 1 is 0.256 bits per heavy atom. The van der Waals surface area contributed by atoms with Gasteiger partial charge < -0.3 is 37.0 Å². The van der Waals surface area contributed by atoms with Crippen LogP contribution >= 0.6 is 0 Å². The highest BCUT2D eigenvalue weighted by molar-refractivity contribution is 6.95. The Labute approximate surface area is 277 Å². The third kappa shape index (κ3) is 20.0. The summed E-state index contributed by atoms with van der Waals surface area (Å²) in [6.45, 7) is 49.2. The first kappa shape index (κ1) is 44.8. The van der Waals surface area contributed by atoms with Crippen molar-refractivity contribution < 1.29 is 37.0 Å². The molecule has 0 radical (unpaired) electrons. The molecule has 0 N–H and O–H groups in total. The van der Waals surface area contributed by atoms with Crippen LogP contribution in [0.5, 0.6) is 0 Å². The minimum Gasteiger partial charge on any atom is -0.417 e. The molecular weight excluding hydrogens is 713 g/mol. The molecule has 0 saturated carbocycles. The third-order valence-electron chi connectivity index (χ3n) is 4.64. The molecule has 0 spiro atoms. The van der Waals surface area contributed by atoms with E-state index < -0.39 is 85.1 Å². The Balaban J connectivity index is 7.68. The Kier molecular flexibility index (Phi) is 15.4. The lowest BCUT2D eigenvalue weighted by atomic mass is 10.6. The molecule has 0 aromatic rings. The molecule has 0 aliphatic carbocycles. The van der Waals surface area contributed by atoms with Gasteiger partial charge >= 0.3 is 35.2 Å². The number of hydrogen-bond donors (Lipinski definition) is 0. The normalized spacial score (nSPS) is 15.9. The quantitative estimate of drug-likeness (QED) is 0.119. The van der Waals surface area contributed by atoms with Crippen LogP contribution in [0.1, 0.15) is 13.8 Å². The van der Waals surface area contributed by atoms with Gasteiger partial charge in [0.2, 0.25) is 0 Å². The van der Waals surface area contributed by atoms with E-state index in [4.69, 9.17) is 37.0 Å². The van der Waals surface area contributed by atoms with E-state index in [0.29, 0.717) is 0 Å². The second-order valence-corrected chi connectivity index (χ2v) is 58.2. The average molecular weight is 784 g/mol. The van der Waals surface area contributed by atoms with Crippen LogP contribution in [-0.2, 0) is 37.0 Å². The summed E-state index contributed by atoms with van der Waals surface area (Å²) >= 11 is 0. The minimum atomic E-state index is -3.81. The fourth-order valence-corrected chi connectivity index (χ4v) is 46.9. The first-order valence-electron chi connectivity index (χ1n) is 15.6. The molecule has 0 aliphatic rings. The van der Waals surface area contributed by atoms with Crippen LogP contribution < -0.4 is 0 Å². The van der Waals surface area contributed by atoms with Crippen molar-refractivity contribution >= 4 is 85.1 Å². The van der Waals surface area contributed by atoms with Gasteiger partial charge in [-0.05, 0) is 118 Å². The van der Waals surface area contributed by atoms with Gasteiger partial charge in [-0.1, -0.05) is 13.8 Å². The van der Waals surface area contributed by atoms with Gasteiger partial charge in [0.25, 0.3) is 0 Å². The summed E-state index contributed by atoms with van der Waals surface area (Å²) < 4.78 is 63.4. The second-order valence-electron chi connectivity index (χ2n) is 17.9. The van der Waals surface area contributed by atoms with Gasteiger partial charge in [-0.25, -0.2) is 0 Å². The van der Waals surface area contributed by atoms with Gasteiger partial charge in [-0.2, -0.15) is 0 Å². The Bertz CT molecular complexity index is 728. The number of hydrogen-bond acceptors (Lipinski definition) is 9. The van der Waals surface area contributed by atoms with Crippen LogP contribution in [0.4, 0.5) is 0 Å². The van der Waals surface area contributed by atoms with Crippen molar-refractivity contribution in [1.82, 2.24) is 0 Å². The first-order valence-corrected chi connectivity index (χ1v) is 44.5. The molecule has 43 heavy (non-hydrogen) atoms. The molecule has 9 nitrogen and oxygen atoms in total. The van der Waals surface area contributed by atoms with Crippen molar-refractivity contribution in [3.8, 4) is 0 Å². The van der Waals surface area contributed by atoms with E-state index in [9.17, 15) is 0 Å². The molecule has 0 unspecified atom stereocenters. The van der Waals surface area contributed by atoms with E-state index in [0.717, 1.165) is 0 Å². The fraction of sp³-hybridized carbons (Fsp3) is 1.00. The molecule has 0 bridgehead atoms. The molecule has 0 heterocycles. The Hall–Kier alpha value is 1.81. The van der Waals surface area contributed by atoms with Crippen LogP contribution in [0.2, 0.25) is 143 Å². The zero-order chi connectivity index (χ0) is 34.9. The zero-order valence-corrected chi connectivity index (χ0v) is 42.3. The van der Waals surface area contributed by atoms with Crippen LogP contribution in [0, 0.1) is 0 Å². The maximum absolute atomic E-state index is 7.36. The van der Waals surface area contributed by atoms with E-state index in [1.807, 2.05) is 19.6 Å². The SMILES string of the molecule is CC(C)[Si](O[Si](C)(O[Si](C)(C)C)O[Si](C)(C)C)(O[Si](C)(O[Si](C)(C)C)O[Si](C)(C)C)O[Si](C)(O[Si](C)(C)C)O[Si](C)(C)C. The Morgan fingerprint density at radius 2 is 0.395 bits per heavy atom. The lowest BCUT2D eigenvalue weighted by Gasteiger charge is -2.50.